The number of hydrogen-bond donors (Lipinski definition) is 1. The summed E-state index contributed by atoms with van der Waals surface area (Å²) in [5.74, 6) is -2.22. The number of carbonyl (C=O) groups is 1. The summed E-state index contributed by atoms with van der Waals surface area (Å²) < 4.78 is 28.6. The fourth-order valence-corrected chi connectivity index (χ4v) is 1.86. The number of anilines is 1. The number of aromatic nitrogens is 2. The smallest absolute Gasteiger partial charge is 0.255 e. The number of rotatable bonds is 2. The van der Waals surface area contributed by atoms with Crippen LogP contribution in [-0.4, -0.2) is 15.3 Å². The Balaban J connectivity index is 1.92. The molecule has 4 nitrogen and oxygen atoms in total. The van der Waals surface area contributed by atoms with Crippen LogP contribution < -0.4 is 5.32 Å². The maximum absolute atomic E-state index is 13.5. The van der Waals surface area contributed by atoms with Gasteiger partial charge in [-0.2, -0.15) is 0 Å². The minimum atomic E-state index is -0.816. The third-order valence-corrected chi connectivity index (χ3v) is 2.88. The van der Waals surface area contributed by atoms with Gasteiger partial charge in [0.25, 0.3) is 5.91 Å². The first kappa shape index (κ1) is 12.3. The van der Waals surface area contributed by atoms with E-state index < -0.39 is 23.2 Å². The van der Waals surface area contributed by atoms with Gasteiger partial charge in [0.05, 0.1) is 18.0 Å². The quantitative estimate of drug-likeness (QED) is 0.780. The number of imidazole rings is 1. The van der Waals surface area contributed by atoms with Gasteiger partial charge in [0.15, 0.2) is 0 Å². The van der Waals surface area contributed by atoms with Gasteiger partial charge in [-0.3, -0.25) is 4.79 Å². The van der Waals surface area contributed by atoms with Gasteiger partial charge in [-0.1, -0.05) is 6.07 Å². The molecule has 3 aromatic rings. The Bertz CT molecular complexity index is 778. The van der Waals surface area contributed by atoms with Crippen molar-refractivity contribution in [2.24, 2.45) is 0 Å². The van der Waals surface area contributed by atoms with Crippen molar-refractivity contribution in [2.75, 3.05) is 5.32 Å². The van der Waals surface area contributed by atoms with E-state index in [9.17, 15) is 13.6 Å². The summed E-state index contributed by atoms with van der Waals surface area (Å²) in [4.78, 5) is 15.9. The minimum absolute atomic E-state index is 0.292. The molecule has 100 valence electrons. The van der Waals surface area contributed by atoms with Crippen LogP contribution in [0.25, 0.3) is 5.52 Å². The topological polar surface area (TPSA) is 46.4 Å². The first-order valence-electron chi connectivity index (χ1n) is 5.82. The number of hydrogen-bond acceptors (Lipinski definition) is 2. The second-order valence-corrected chi connectivity index (χ2v) is 4.19. The van der Waals surface area contributed by atoms with Crippen molar-refractivity contribution in [1.29, 1.82) is 0 Å². The molecule has 2 aromatic heterocycles. The van der Waals surface area contributed by atoms with Crippen molar-refractivity contribution in [3.8, 4) is 0 Å². The van der Waals surface area contributed by atoms with Crippen LogP contribution in [-0.2, 0) is 0 Å². The average Bonchev–Trinajstić information content (AvgIpc) is 2.90. The normalized spacial score (nSPS) is 10.7. The Labute approximate surface area is 112 Å². The second kappa shape index (κ2) is 4.73. The van der Waals surface area contributed by atoms with E-state index in [4.69, 9.17) is 0 Å². The molecule has 0 saturated heterocycles. The molecule has 0 spiro atoms. The molecular formula is C14H9F2N3O. The zero-order valence-electron chi connectivity index (χ0n) is 10.2. The van der Waals surface area contributed by atoms with Gasteiger partial charge in [-0.15, -0.1) is 0 Å². The molecule has 3 rings (SSSR count). The number of benzene rings is 1. The summed E-state index contributed by atoms with van der Waals surface area (Å²) in [6, 6.07) is 6.53. The molecule has 0 atom stereocenters. The number of carbonyl (C=O) groups excluding carboxylic acids is 1. The van der Waals surface area contributed by atoms with Gasteiger partial charge in [-0.25, -0.2) is 13.8 Å². The summed E-state index contributed by atoms with van der Waals surface area (Å²) in [5, 5.41) is 2.23. The highest BCUT2D eigenvalue weighted by atomic mass is 19.1. The zero-order valence-corrected chi connectivity index (χ0v) is 10.2. The van der Waals surface area contributed by atoms with Crippen LogP contribution >= 0.6 is 0 Å². The molecular weight excluding hydrogens is 264 g/mol. The van der Waals surface area contributed by atoms with Crippen LogP contribution in [0.3, 0.4) is 0 Å². The Morgan fingerprint density at radius 1 is 1.20 bits per heavy atom. The molecule has 0 aliphatic carbocycles. The maximum Gasteiger partial charge on any atom is 0.255 e. The number of nitrogens with zero attached hydrogens (tertiary/aromatic N) is 2. The van der Waals surface area contributed by atoms with Gasteiger partial charge in [0, 0.05) is 11.8 Å². The first-order valence-corrected chi connectivity index (χ1v) is 5.82. The molecule has 0 bridgehead atoms. The van der Waals surface area contributed by atoms with Crippen molar-refractivity contribution in [3.05, 3.63) is 66.3 Å². The van der Waals surface area contributed by atoms with E-state index in [1.54, 1.807) is 35.3 Å². The largest absolute Gasteiger partial charge is 0.317 e. The highest BCUT2D eigenvalue weighted by Gasteiger charge is 2.13. The van der Waals surface area contributed by atoms with Crippen LogP contribution in [0, 0.1) is 11.6 Å². The standard InChI is InChI=1S/C14H9F2N3O/c15-11-2-1-3-12(16)13(11)18-14(20)9-4-5-19-8-17-7-10(19)6-9/h1-8H,(H,18,20). The lowest BCUT2D eigenvalue weighted by atomic mass is 10.2. The van der Waals surface area contributed by atoms with Gasteiger partial charge < -0.3 is 9.72 Å². The molecule has 0 aliphatic heterocycles. The fourth-order valence-electron chi connectivity index (χ4n) is 1.86. The molecule has 0 fully saturated rings. The lowest BCUT2D eigenvalue weighted by molar-refractivity contribution is 0.102. The molecule has 1 amide bonds. The van der Waals surface area contributed by atoms with E-state index >= 15 is 0 Å². The van der Waals surface area contributed by atoms with Crippen molar-refractivity contribution in [2.45, 2.75) is 0 Å². The van der Waals surface area contributed by atoms with Gasteiger partial charge >= 0.3 is 0 Å². The molecule has 1 aromatic carbocycles. The van der Waals surface area contributed by atoms with E-state index in [1.165, 1.54) is 6.07 Å². The highest BCUT2D eigenvalue weighted by Crippen LogP contribution is 2.19. The lowest BCUT2D eigenvalue weighted by Gasteiger charge is -2.07. The molecule has 0 aliphatic rings. The number of fused-ring (bicyclic) bond motifs is 1. The first-order chi connectivity index (χ1) is 9.65. The van der Waals surface area contributed by atoms with Crippen molar-refractivity contribution < 1.29 is 13.6 Å². The summed E-state index contributed by atoms with van der Waals surface area (Å²) in [7, 11) is 0. The fraction of sp³-hybridized carbons (Fsp3) is 0. The predicted molar refractivity (Wildman–Crippen MR) is 69.5 cm³/mol. The third-order valence-electron chi connectivity index (χ3n) is 2.88. The van der Waals surface area contributed by atoms with Crippen LogP contribution in [0.4, 0.5) is 14.5 Å². The second-order valence-electron chi connectivity index (χ2n) is 4.19. The zero-order chi connectivity index (χ0) is 14.1. The Kier molecular flexibility index (Phi) is 2.90. The SMILES string of the molecule is O=C(Nc1c(F)cccc1F)c1ccn2cncc2c1. The van der Waals surface area contributed by atoms with E-state index in [0.717, 1.165) is 12.1 Å². The molecule has 0 saturated carbocycles. The van der Waals surface area contributed by atoms with Crippen molar-refractivity contribution in [1.82, 2.24) is 9.38 Å². The molecule has 0 unspecified atom stereocenters. The molecule has 0 radical (unpaired) electrons. The molecule has 20 heavy (non-hydrogen) atoms. The van der Waals surface area contributed by atoms with E-state index in [1.807, 2.05) is 0 Å². The van der Waals surface area contributed by atoms with Gasteiger partial charge in [0.1, 0.15) is 17.3 Å². The Morgan fingerprint density at radius 2 is 1.95 bits per heavy atom. The van der Waals surface area contributed by atoms with Gasteiger partial charge in [-0.05, 0) is 24.3 Å². The van der Waals surface area contributed by atoms with Crippen molar-refractivity contribution >= 4 is 17.1 Å². The predicted octanol–water partition coefficient (Wildman–Crippen LogP) is 2.86. The van der Waals surface area contributed by atoms with Crippen LogP contribution in [0.15, 0.2) is 49.1 Å². The lowest BCUT2D eigenvalue weighted by Crippen LogP contribution is -2.14. The minimum Gasteiger partial charge on any atom is -0.317 e. The van der Waals surface area contributed by atoms with E-state index in [2.05, 4.69) is 10.3 Å². The monoisotopic (exact) mass is 273 g/mol. The highest BCUT2D eigenvalue weighted by molar-refractivity contribution is 6.05. The van der Waals surface area contributed by atoms with Crippen LogP contribution in [0.1, 0.15) is 10.4 Å². The molecule has 1 N–H and O–H groups in total. The molecule has 6 heteroatoms. The third kappa shape index (κ3) is 2.11. The summed E-state index contributed by atoms with van der Waals surface area (Å²) >= 11 is 0. The number of para-hydroxylation sites is 1. The maximum atomic E-state index is 13.5. The number of amides is 1. The number of halogens is 2. The summed E-state index contributed by atoms with van der Waals surface area (Å²) in [6.45, 7) is 0. The Hall–Kier alpha value is -2.76. The number of pyridine rings is 1. The number of nitrogens with one attached hydrogen (secondary N) is 1. The Morgan fingerprint density at radius 3 is 2.70 bits per heavy atom. The van der Waals surface area contributed by atoms with Crippen LogP contribution in [0.5, 0.6) is 0 Å². The van der Waals surface area contributed by atoms with E-state index in [0.29, 0.717) is 11.1 Å². The van der Waals surface area contributed by atoms with Crippen molar-refractivity contribution in [3.63, 3.8) is 0 Å². The van der Waals surface area contributed by atoms with E-state index in [-0.39, 0.29) is 0 Å². The summed E-state index contributed by atoms with van der Waals surface area (Å²) in [6.07, 6.45) is 4.82. The van der Waals surface area contributed by atoms with Crippen LogP contribution in [0.2, 0.25) is 0 Å². The molecule has 2 heterocycles. The average molecular weight is 273 g/mol. The van der Waals surface area contributed by atoms with Gasteiger partial charge in [0.2, 0.25) is 0 Å². The summed E-state index contributed by atoms with van der Waals surface area (Å²) in [5.41, 5.74) is 0.554.